The van der Waals surface area contributed by atoms with Crippen molar-refractivity contribution in [2.24, 2.45) is 0 Å². The van der Waals surface area contributed by atoms with Crippen molar-refractivity contribution >= 4 is 17.5 Å². The minimum Gasteiger partial charge on any atom is -0.380 e. The Morgan fingerprint density at radius 1 is 1.48 bits per heavy atom. The summed E-state index contributed by atoms with van der Waals surface area (Å²) < 4.78 is 42.7. The Labute approximate surface area is 123 Å². The lowest BCUT2D eigenvalue weighted by molar-refractivity contribution is -0.272. The van der Waals surface area contributed by atoms with Crippen molar-refractivity contribution in [2.45, 2.75) is 38.0 Å². The molecule has 0 saturated carbocycles. The smallest absolute Gasteiger partial charge is 0.380 e. The number of hydrogen-bond acceptors (Lipinski definition) is 4. The molecule has 5 nitrogen and oxygen atoms in total. The maximum Gasteiger partial charge on any atom is 0.417 e. The van der Waals surface area contributed by atoms with Crippen molar-refractivity contribution in [1.82, 2.24) is 10.1 Å². The first-order chi connectivity index (χ1) is 9.64. The number of aromatic nitrogens is 1. The molecule has 0 atom stereocenters. The summed E-state index contributed by atoms with van der Waals surface area (Å²) in [6.45, 7) is 1.31. The van der Waals surface area contributed by atoms with Gasteiger partial charge in [-0.05, 0) is 18.5 Å². The number of amides is 1. The number of nitrogens with zero attached hydrogens (tertiary/aromatic N) is 2. The van der Waals surface area contributed by atoms with Gasteiger partial charge < -0.3 is 14.5 Å². The first kappa shape index (κ1) is 16.1. The first-order valence-electron chi connectivity index (χ1n) is 6.31. The fraction of sp³-hybridized carbons (Fsp3) is 0.667. The summed E-state index contributed by atoms with van der Waals surface area (Å²) in [7, 11) is 0. The Morgan fingerprint density at radius 2 is 2.05 bits per heavy atom. The van der Waals surface area contributed by atoms with Crippen LogP contribution in [0.2, 0.25) is 5.22 Å². The molecule has 1 aliphatic rings. The number of rotatable bonds is 2. The van der Waals surface area contributed by atoms with Gasteiger partial charge in [-0.1, -0.05) is 5.16 Å². The van der Waals surface area contributed by atoms with Gasteiger partial charge in [0.25, 0.3) is 0 Å². The van der Waals surface area contributed by atoms with Crippen LogP contribution in [0.5, 0.6) is 0 Å². The summed E-state index contributed by atoms with van der Waals surface area (Å²) >= 11 is 5.74. The van der Waals surface area contributed by atoms with Crippen LogP contribution in [0.25, 0.3) is 0 Å². The van der Waals surface area contributed by atoms with E-state index in [2.05, 4.69) is 5.16 Å². The average Bonchev–Trinajstić information content (AvgIpc) is 2.70. The second kappa shape index (κ2) is 5.49. The minimum absolute atomic E-state index is 0.00431. The highest BCUT2D eigenvalue weighted by Crippen LogP contribution is 2.38. The molecule has 1 aromatic heterocycles. The summed E-state index contributed by atoms with van der Waals surface area (Å²) in [5.41, 5.74) is -1.82. The minimum atomic E-state index is -4.68. The van der Waals surface area contributed by atoms with Crippen LogP contribution in [0, 0.1) is 6.92 Å². The van der Waals surface area contributed by atoms with Gasteiger partial charge in [0.05, 0.1) is 12.1 Å². The molecular weight excluding hydrogens is 313 g/mol. The third kappa shape index (κ3) is 3.16. The quantitative estimate of drug-likeness (QED) is 0.903. The SMILES string of the molecule is Cc1noc(Cl)c1CC(=O)N1CCC(O)(C(F)(F)F)CC1. The molecule has 0 aliphatic carbocycles. The predicted octanol–water partition coefficient (Wildman–Crippen LogP) is 2.09. The van der Waals surface area contributed by atoms with Gasteiger partial charge in [-0.2, -0.15) is 13.2 Å². The van der Waals surface area contributed by atoms with Crippen molar-refractivity contribution in [1.29, 1.82) is 0 Å². The zero-order chi connectivity index (χ0) is 15.8. The lowest BCUT2D eigenvalue weighted by Gasteiger charge is -2.39. The van der Waals surface area contributed by atoms with E-state index in [4.69, 9.17) is 16.1 Å². The van der Waals surface area contributed by atoms with Crippen LogP contribution in [-0.4, -0.2) is 45.9 Å². The summed E-state index contributed by atoms with van der Waals surface area (Å²) in [5.74, 6) is -0.368. The Kier molecular flexibility index (Phi) is 4.21. The van der Waals surface area contributed by atoms with Gasteiger partial charge in [0.15, 0.2) is 5.60 Å². The summed E-state index contributed by atoms with van der Waals surface area (Å²) in [6.07, 6.45) is -5.83. The molecule has 118 valence electrons. The number of likely N-dealkylation sites (tertiary alicyclic amines) is 1. The molecule has 2 rings (SSSR count). The molecule has 1 amide bonds. The van der Waals surface area contributed by atoms with E-state index in [1.165, 1.54) is 4.90 Å². The second-order valence-electron chi connectivity index (χ2n) is 5.11. The number of aliphatic hydroxyl groups is 1. The number of halogens is 4. The number of hydrogen-bond donors (Lipinski definition) is 1. The average molecular weight is 327 g/mol. The molecule has 9 heteroatoms. The zero-order valence-corrected chi connectivity index (χ0v) is 12.0. The van der Waals surface area contributed by atoms with E-state index in [1.807, 2.05) is 0 Å². The van der Waals surface area contributed by atoms with Crippen LogP contribution in [0.15, 0.2) is 4.52 Å². The van der Waals surface area contributed by atoms with Crippen molar-refractivity contribution in [3.05, 3.63) is 16.5 Å². The van der Waals surface area contributed by atoms with Gasteiger partial charge in [0.1, 0.15) is 0 Å². The Hall–Kier alpha value is -1.28. The van der Waals surface area contributed by atoms with E-state index in [0.717, 1.165) is 0 Å². The molecule has 0 bridgehead atoms. The lowest BCUT2D eigenvalue weighted by atomic mass is 9.90. The molecule has 0 spiro atoms. The summed E-state index contributed by atoms with van der Waals surface area (Å²) in [4.78, 5) is 13.3. The van der Waals surface area contributed by atoms with Gasteiger partial charge in [-0.15, -0.1) is 0 Å². The van der Waals surface area contributed by atoms with Crippen molar-refractivity contribution < 1.29 is 27.6 Å². The van der Waals surface area contributed by atoms with Crippen LogP contribution in [-0.2, 0) is 11.2 Å². The van der Waals surface area contributed by atoms with Crippen LogP contribution < -0.4 is 0 Å². The lowest BCUT2D eigenvalue weighted by Crippen LogP contribution is -2.54. The van der Waals surface area contributed by atoms with Crippen LogP contribution in [0.4, 0.5) is 13.2 Å². The maximum absolute atomic E-state index is 12.7. The van der Waals surface area contributed by atoms with Crippen LogP contribution in [0.1, 0.15) is 24.1 Å². The number of carbonyl (C=O) groups is 1. The molecule has 1 aliphatic heterocycles. The Bertz CT molecular complexity index is 517. The molecule has 0 radical (unpaired) electrons. The number of alkyl halides is 3. The Balaban J connectivity index is 1.98. The van der Waals surface area contributed by atoms with Gasteiger partial charge in [0, 0.05) is 31.5 Å². The van der Waals surface area contributed by atoms with E-state index in [-0.39, 0.29) is 30.6 Å². The zero-order valence-electron chi connectivity index (χ0n) is 11.2. The number of aryl methyl sites for hydroxylation is 1. The molecule has 1 N–H and O–H groups in total. The molecule has 1 aromatic rings. The molecule has 2 heterocycles. The molecule has 21 heavy (non-hydrogen) atoms. The van der Waals surface area contributed by atoms with Gasteiger partial charge in [-0.3, -0.25) is 4.79 Å². The van der Waals surface area contributed by atoms with E-state index in [1.54, 1.807) is 6.92 Å². The predicted molar refractivity (Wildman–Crippen MR) is 66.8 cm³/mol. The van der Waals surface area contributed by atoms with Gasteiger partial charge in [-0.25, -0.2) is 0 Å². The molecule has 0 unspecified atom stereocenters. The standard InChI is InChI=1S/C12H14ClF3N2O3/c1-7-8(10(13)21-17-7)6-9(19)18-4-2-11(20,3-5-18)12(14,15)16/h20H,2-6H2,1H3. The first-order valence-corrected chi connectivity index (χ1v) is 6.69. The highest BCUT2D eigenvalue weighted by Gasteiger charge is 2.54. The molecule has 1 fully saturated rings. The maximum atomic E-state index is 12.7. The molecule has 0 aromatic carbocycles. The third-order valence-corrected chi connectivity index (χ3v) is 4.03. The van der Waals surface area contributed by atoms with Gasteiger partial charge in [0.2, 0.25) is 11.1 Å². The monoisotopic (exact) mass is 326 g/mol. The largest absolute Gasteiger partial charge is 0.417 e. The van der Waals surface area contributed by atoms with Crippen molar-refractivity contribution in [3.8, 4) is 0 Å². The van der Waals surface area contributed by atoms with E-state index in [9.17, 15) is 23.1 Å². The summed E-state index contributed by atoms with van der Waals surface area (Å²) in [6, 6.07) is 0. The van der Waals surface area contributed by atoms with E-state index in [0.29, 0.717) is 11.3 Å². The highest BCUT2D eigenvalue weighted by atomic mass is 35.5. The van der Waals surface area contributed by atoms with Crippen LogP contribution in [0.3, 0.4) is 0 Å². The van der Waals surface area contributed by atoms with E-state index < -0.39 is 24.6 Å². The van der Waals surface area contributed by atoms with Crippen molar-refractivity contribution in [2.75, 3.05) is 13.1 Å². The third-order valence-electron chi connectivity index (χ3n) is 3.74. The van der Waals surface area contributed by atoms with E-state index >= 15 is 0 Å². The fourth-order valence-electron chi connectivity index (χ4n) is 2.23. The molecule has 1 saturated heterocycles. The second-order valence-corrected chi connectivity index (χ2v) is 5.45. The van der Waals surface area contributed by atoms with Crippen molar-refractivity contribution in [3.63, 3.8) is 0 Å². The number of piperidine rings is 1. The number of carbonyl (C=O) groups excluding carboxylic acids is 1. The topological polar surface area (TPSA) is 66.6 Å². The van der Waals surface area contributed by atoms with Gasteiger partial charge >= 0.3 is 6.18 Å². The normalized spacial score (nSPS) is 18.9. The fourth-order valence-corrected chi connectivity index (χ4v) is 2.47. The van der Waals surface area contributed by atoms with Crippen LogP contribution >= 0.6 is 11.6 Å². The molecular formula is C12H14ClF3N2O3. The highest BCUT2D eigenvalue weighted by molar-refractivity contribution is 6.29. The summed E-state index contributed by atoms with van der Waals surface area (Å²) in [5, 5.41) is 13.2. The Morgan fingerprint density at radius 3 is 2.48 bits per heavy atom.